The van der Waals surface area contributed by atoms with Crippen LogP contribution in [0.4, 0.5) is 15.9 Å². The third-order valence-corrected chi connectivity index (χ3v) is 5.06. The van der Waals surface area contributed by atoms with E-state index in [4.69, 9.17) is 21.8 Å². The van der Waals surface area contributed by atoms with E-state index in [1.165, 1.54) is 24.3 Å². The van der Waals surface area contributed by atoms with Crippen molar-refractivity contribution in [2.45, 2.75) is 10.9 Å². The molecule has 0 spiro atoms. The molecule has 27 heavy (non-hydrogen) atoms. The summed E-state index contributed by atoms with van der Waals surface area (Å²) in [5.41, 5.74) is 5.21. The van der Waals surface area contributed by atoms with Gasteiger partial charge in [-0.1, -0.05) is 29.4 Å². The molecule has 7 nitrogen and oxygen atoms in total. The number of aromatic amines is 1. The number of amides is 1. The Morgan fingerprint density at radius 2 is 2.19 bits per heavy atom. The molecule has 1 aromatic carbocycles. The van der Waals surface area contributed by atoms with E-state index >= 15 is 0 Å². The lowest BCUT2D eigenvalue weighted by molar-refractivity contribution is 0.0995. The molecule has 2 aromatic heterocycles. The molecule has 0 aliphatic rings. The molecule has 0 atom stereocenters. The van der Waals surface area contributed by atoms with E-state index in [0.717, 1.165) is 11.8 Å². The first-order valence-electron chi connectivity index (χ1n) is 7.37. The van der Waals surface area contributed by atoms with Gasteiger partial charge in [0.2, 0.25) is 0 Å². The molecule has 4 N–H and O–H groups in total. The van der Waals surface area contributed by atoms with Crippen LogP contribution in [0, 0.1) is 5.82 Å². The number of furan rings is 1. The molecule has 3 rings (SSSR count). The van der Waals surface area contributed by atoms with Crippen LogP contribution in [0.5, 0.6) is 0 Å². The van der Waals surface area contributed by atoms with Crippen molar-refractivity contribution in [3.8, 4) is 0 Å². The summed E-state index contributed by atoms with van der Waals surface area (Å²) in [6.45, 7) is 0. The van der Waals surface area contributed by atoms with Gasteiger partial charge in [-0.3, -0.25) is 14.6 Å². The van der Waals surface area contributed by atoms with Crippen molar-refractivity contribution in [3.63, 3.8) is 0 Å². The molecule has 140 valence electrons. The highest BCUT2D eigenvalue weighted by Crippen LogP contribution is 2.27. The summed E-state index contributed by atoms with van der Waals surface area (Å²) >= 11 is 10.1. The molecular weight excluding hydrogens is 463 g/mol. The monoisotopic (exact) mass is 472 g/mol. The minimum absolute atomic E-state index is 0.00618. The molecule has 3 aromatic rings. The van der Waals surface area contributed by atoms with E-state index in [1.54, 1.807) is 6.07 Å². The summed E-state index contributed by atoms with van der Waals surface area (Å²) in [5.74, 6) is -1.16. The van der Waals surface area contributed by atoms with Gasteiger partial charge in [0.1, 0.15) is 5.82 Å². The molecule has 2 heterocycles. The Balaban J connectivity index is 1.77. The number of aromatic nitrogens is 2. The zero-order chi connectivity index (χ0) is 19.6. The van der Waals surface area contributed by atoms with E-state index in [-0.39, 0.29) is 38.8 Å². The molecule has 11 heteroatoms. The smallest absolute Gasteiger partial charge is 0.291 e. The summed E-state index contributed by atoms with van der Waals surface area (Å²) in [6.07, 6.45) is 0. The number of nitrogen functional groups attached to an aromatic ring is 1. The Bertz CT molecular complexity index is 1050. The average molecular weight is 474 g/mol. The van der Waals surface area contributed by atoms with Crippen LogP contribution in [-0.2, 0) is 5.75 Å². The normalized spacial score (nSPS) is 10.8. The molecule has 1 amide bonds. The fraction of sp³-hybridized carbons (Fsp3) is 0.0625. The number of nitrogens with zero attached hydrogens (tertiary/aromatic N) is 1. The van der Waals surface area contributed by atoms with Crippen molar-refractivity contribution in [1.82, 2.24) is 9.97 Å². The molecule has 0 radical (unpaired) electrons. The van der Waals surface area contributed by atoms with Crippen LogP contribution < -0.4 is 16.6 Å². The standard InChI is InChI=1S/C16H11BrClFN4O3S/c17-11-5-4-10(26-11)14(24)21-12-13(20)22-16(23-15(12)25)27-6-7-8(18)2-1-3-9(7)19/h1-5H,6H2,(H,21,24)(H3,20,22,23,25). The van der Waals surface area contributed by atoms with Gasteiger partial charge in [-0.2, -0.15) is 0 Å². The largest absolute Gasteiger partial charge is 0.444 e. The van der Waals surface area contributed by atoms with Crippen LogP contribution >= 0.6 is 39.3 Å². The predicted molar refractivity (Wildman–Crippen MR) is 105 cm³/mol. The van der Waals surface area contributed by atoms with Gasteiger partial charge in [-0.05, 0) is 40.2 Å². The second-order valence-corrected chi connectivity index (χ2v) is 7.33. The highest BCUT2D eigenvalue weighted by Gasteiger charge is 2.17. The number of anilines is 2. The van der Waals surface area contributed by atoms with Crippen LogP contribution in [0.3, 0.4) is 0 Å². The van der Waals surface area contributed by atoms with Crippen LogP contribution in [0.15, 0.2) is 49.4 Å². The predicted octanol–water partition coefficient (Wildman–Crippen LogP) is 4.04. The molecule has 0 fully saturated rings. The number of nitrogens with one attached hydrogen (secondary N) is 2. The number of H-pyrrole nitrogens is 1. The third-order valence-electron chi connectivity index (χ3n) is 3.38. The van der Waals surface area contributed by atoms with Crippen LogP contribution in [0.25, 0.3) is 0 Å². The Labute approximate surface area is 169 Å². The first-order valence-corrected chi connectivity index (χ1v) is 9.53. The molecule has 0 saturated heterocycles. The second kappa shape index (κ2) is 8.15. The first kappa shape index (κ1) is 19.5. The highest BCUT2D eigenvalue weighted by atomic mass is 79.9. The van der Waals surface area contributed by atoms with E-state index in [2.05, 4.69) is 31.2 Å². The molecule has 0 saturated carbocycles. The first-order chi connectivity index (χ1) is 12.8. The Kier molecular flexibility index (Phi) is 5.88. The number of rotatable bonds is 5. The topological polar surface area (TPSA) is 114 Å². The van der Waals surface area contributed by atoms with Crippen molar-refractivity contribution in [2.75, 3.05) is 11.1 Å². The maximum atomic E-state index is 13.8. The summed E-state index contributed by atoms with van der Waals surface area (Å²) in [5, 5.41) is 2.78. The van der Waals surface area contributed by atoms with Gasteiger partial charge in [0, 0.05) is 16.3 Å². The number of nitrogens with two attached hydrogens (primary N) is 1. The van der Waals surface area contributed by atoms with Gasteiger partial charge in [-0.25, -0.2) is 9.37 Å². The fourth-order valence-corrected chi connectivity index (χ4v) is 3.60. The van der Waals surface area contributed by atoms with Crippen LogP contribution in [0.1, 0.15) is 16.1 Å². The number of hydrogen-bond acceptors (Lipinski definition) is 6. The van der Waals surface area contributed by atoms with Crippen molar-refractivity contribution in [1.29, 1.82) is 0 Å². The molecule has 0 bridgehead atoms. The summed E-state index contributed by atoms with van der Waals surface area (Å²) < 4.78 is 19.3. The van der Waals surface area contributed by atoms with Crippen LogP contribution in [-0.4, -0.2) is 15.9 Å². The number of carbonyl (C=O) groups is 1. The minimum atomic E-state index is -0.654. The lowest BCUT2D eigenvalue weighted by atomic mass is 10.2. The van der Waals surface area contributed by atoms with Crippen molar-refractivity contribution >= 4 is 56.7 Å². The summed E-state index contributed by atoms with van der Waals surface area (Å²) in [7, 11) is 0. The van der Waals surface area contributed by atoms with Gasteiger partial charge in [0.25, 0.3) is 11.5 Å². The number of benzene rings is 1. The number of carbonyl (C=O) groups excluding carboxylic acids is 1. The number of thioether (sulfide) groups is 1. The van der Waals surface area contributed by atoms with Crippen LogP contribution in [0.2, 0.25) is 5.02 Å². The fourth-order valence-electron chi connectivity index (χ4n) is 2.08. The quantitative estimate of drug-likeness (QED) is 0.380. The number of halogens is 3. The van der Waals surface area contributed by atoms with E-state index in [9.17, 15) is 14.0 Å². The SMILES string of the molecule is Nc1nc(SCc2c(F)cccc2Cl)[nH]c(=O)c1NC(=O)c1ccc(Br)o1. The maximum absolute atomic E-state index is 13.8. The Morgan fingerprint density at radius 3 is 2.81 bits per heavy atom. The van der Waals surface area contributed by atoms with Gasteiger partial charge in [-0.15, -0.1) is 0 Å². The second-order valence-electron chi connectivity index (χ2n) is 5.18. The van der Waals surface area contributed by atoms with Crippen molar-refractivity contribution in [2.24, 2.45) is 0 Å². The van der Waals surface area contributed by atoms with E-state index in [0.29, 0.717) is 4.67 Å². The minimum Gasteiger partial charge on any atom is -0.444 e. The third kappa shape index (κ3) is 4.52. The van der Waals surface area contributed by atoms with Gasteiger partial charge >= 0.3 is 0 Å². The molecule has 0 aliphatic carbocycles. The van der Waals surface area contributed by atoms with Crippen molar-refractivity contribution in [3.05, 3.63) is 67.5 Å². The average Bonchev–Trinajstić information content (AvgIpc) is 3.04. The Morgan fingerprint density at radius 1 is 1.41 bits per heavy atom. The zero-order valence-corrected chi connectivity index (χ0v) is 16.5. The van der Waals surface area contributed by atoms with Gasteiger partial charge in [0.15, 0.2) is 27.1 Å². The maximum Gasteiger partial charge on any atom is 0.291 e. The van der Waals surface area contributed by atoms with Crippen molar-refractivity contribution < 1.29 is 13.6 Å². The zero-order valence-electron chi connectivity index (χ0n) is 13.4. The van der Waals surface area contributed by atoms with E-state index < -0.39 is 17.3 Å². The highest BCUT2D eigenvalue weighted by molar-refractivity contribution is 9.10. The molecule has 0 unspecified atom stereocenters. The summed E-state index contributed by atoms with van der Waals surface area (Å²) in [6, 6.07) is 7.32. The lowest BCUT2D eigenvalue weighted by Crippen LogP contribution is -2.22. The lowest BCUT2D eigenvalue weighted by Gasteiger charge is -2.08. The summed E-state index contributed by atoms with van der Waals surface area (Å²) in [4.78, 5) is 30.8. The molecule has 0 aliphatic heterocycles. The molecular formula is C16H11BrClFN4O3S. The Hall–Kier alpha value is -2.30. The van der Waals surface area contributed by atoms with Gasteiger partial charge < -0.3 is 15.5 Å². The van der Waals surface area contributed by atoms with E-state index in [1.807, 2.05) is 0 Å². The number of hydrogen-bond donors (Lipinski definition) is 3. The van der Waals surface area contributed by atoms with Gasteiger partial charge in [0.05, 0.1) is 0 Å².